The number of anilines is 1. The summed E-state index contributed by atoms with van der Waals surface area (Å²) in [6.45, 7) is 8.82. The summed E-state index contributed by atoms with van der Waals surface area (Å²) < 4.78 is 5.18. The van der Waals surface area contributed by atoms with Crippen molar-refractivity contribution in [3.05, 3.63) is 30.1 Å². The molecule has 0 aliphatic rings. The number of ether oxygens (including phenoxy) is 1. The van der Waals surface area contributed by atoms with Gasteiger partial charge in [0.15, 0.2) is 0 Å². The second-order valence-corrected chi connectivity index (χ2v) is 6.45. The number of fused-ring (bicyclic) bond motifs is 1. The number of aryl methyl sites for hydroxylation is 1. The predicted octanol–water partition coefficient (Wildman–Crippen LogP) is 3.26. The van der Waals surface area contributed by atoms with Gasteiger partial charge in [-0.3, -0.25) is 0 Å². The highest BCUT2D eigenvalue weighted by Gasteiger charge is 2.15. The van der Waals surface area contributed by atoms with Gasteiger partial charge in [0.1, 0.15) is 17.7 Å². The summed E-state index contributed by atoms with van der Waals surface area (Å²) in [5.74, 6) is 0.816. The van der Waals surface area contributed by atoms with Crippen molar-refractivity contribution in [2.75, 3.05) is 18.4 Å². The van der Waals surface area contributed by atoms with Crippen molar-refractivity contribution in [3.63, 3.8) is 0 Å². The molecule has 0 atom stereocenters. The Morgan fingerprint density at radius 1 is 1.22 bits per heavy atom. The Bertz CT molecular complexity index is 680. The third-order valence-electron chi connectivity index (χ3n) is 3.11. The van der Waals surface area contributed by atoms with Gasteiger partial charge in [-0.15, -0.1) is 0 Å². The van der Waals surface area contributed by atoms with E-state index in [1.54, 1.807) is 6.33 Å². The summed E-state index contributed by atoms with van der Waals surface area (Å²) in [7, 11) is 0. The Hall–Kier alpha value is -2.37. The van der Waals surface area contributed by atoms with Gasteiger partial charge in [-0.25, -0.2) is 14.8 Å². The fourth-order valence-electron chi connectivity index (χ4n) is 2.11. The molecule has 6 heteroatoms. The number of amides is 1. The number of aromatic nitrogens is 2. The second kappa shape index (κ2) is 7.26. The van der Waals surface area contributed by atoms with Crippen molar-refractivity contribution in [2.24, 2.45) is 0 Å². The molecule has 0 saturated heterocycles. The summed E-state index contributed by atoms with van der Waals surface area (Å²) in [4.78, 5) is 20.1. The van der Waals surface area contributed by atoms with Crippen LogP contribution in [0.3, 0.4) is 0 Å². The van der Waals surface area contributed by atoms with Gasteiger partial charge in [0.05, 0.1) is 5.52 Å². The molecule has 2 rings (SSSR count). The zero-order chi connectivity index (χ0) is 16.9. The number of hydrogen-bond acceptors (Lipinski definition) is 5. The zero-order valence-corrected chi connectivity index (χ0v) is 14.1. The minimum Gasteiger partial charge on any atom is -0.444 e. The third-order valence-corrected chi connectivity index (χ3v) is 3.11. The lowest BCUT2D eigenvalue weighted by atomic mass is 10.1. The summed E-state index contributed by atoms with van der Waals surface area (Å²) >= 11 is 0. The van der Waals surface area contributed by atoms with Gasteiger partial charge >= 0.3 is 6.09 Å². The Kier molecular flexibility index (Phi) is 5.36. The molecule has 1 aromatic heterocycles. The van der Waals surface area contributed by atoms with Crippen LogP contribution in [0, 0.1) is 6.92 Å². The fourth-order valence-corrected chi connectivity index (χ4v) is 2.11. The molecule has 0 aliphatic heterocycles. The molecule has 0 fully saturated rings. The highest BCUT2D eigenvalue weighted by molar-refractivity contribution is 5.89. The van der Waals surface area contributed by atoms with Crippen molar-refractivity contribution in [1.82, 2.24) is 15.3 Å². The first-order valence-electron chi connectivity index (χ1n) is 7.77. The quantitative estimate of drug-likeness (QED) is 0.828. The van der Waals surface area contributed by atoms with Crippen molar-refractivity contribution in [3.8, 4) is 0 Å². The Balaban J connectivity index is 1.81. The van der Waals surface area contributed by atoms with Crippen LogP contribution in [0.25, 0.3) is 10.9 Å². The lowest BCUT2D eigenvalue weighted by molar-refractivity contribution is 0.0528. The van der Waals surface area contributed by atoms with Crippen molar-refractivity contribution >= 4 is 22.8 Å². The van der Waals surface area contributed by atoms with Crippen LogP contribution in [-0.2, 0) is 4.74 Å². The van der Waals surface area contributed by atoms with Crippen LogP contribution in [0.2, 0.25) is 0 Å². The van der Waals surface area contributed by atoms with Crippen LogP contribution in [0.5, 0.6) is 0 Å². The van der Waals surface area contributed by atoms with Gasteiger partial charge in [0.25, 0.3) is 0 Å². The first kappa shape index (κ1) is 17.0. The summed E-state index contributed by atoms with van der Waals surface area (Å²) in [5, 5.41) is 7.04. The van der Waals surface area contributed by atoms with E-state index in [-0.39, 0.29) is 6.09 Å². The first-order valence-corrected chi connectivity index (χ1v) is 7.77. The van der Waals surface area contributed by atoms with E-state index < -0.39 is 5.60 Å². The topological polar surface area (TPSA) is 76.1 Å². The molecule has 1 heterocycles. The number of benzene rings is 1. The summed E-state index contributed by atoms with van der Waals surface area (Å²) in [6.07, 6.45) is 1.94. The van der Waals surface area contributed by atoms with Gasteiger partial charge in [0.2, 0.25) is 0 Å². The standard InChI is InChI=1S/C17H24N4O2/c1-12-6-7-14-13(10-12)15(21-11-20-14)18-8-5-9-19-16(22)23-17(2,3)4/h6-7,10-11H,5,8-9H2,1-4H3,(H,19,22)(H,18,20,21). The Morgan fingerprint density at radius 2 is 2.00 bits per heavy atom. The molecule has 1 amide bonds. The van der Waals surface area contributed by atoms with Gasteiger partial charge in [-0.2, -0.15) is 0 Å². The molecular formula is C17H24N4O2. The van der Waals surface area contributed by atoms with Crippen LogP contribution in [0.4, 0.5) is 10.6 Å². The number of nitrogens with one attached hydrogen (secondary N) is 2. The highest BCUT2D eigenvalue weighted by atomic mass is 16.6. The van der Waals surface area contributed by atoms with Gasteiger partial charge in [-0.1, -0.05) is 11.6 Å². The highest BCUT2D eigenvalue weighted by Crippen LogP contribution is 2.20. The van der Waals surface area contributed by atoms with E-state index in [2.05, 4.69) is 26.7 Å². The number of carbonyl (C=O) groups excluding carboxylic acids is 1. The van der Waals surface area contributed by atoms with E-state index in [1.165, 1.54) is 5.56 Å². The molecule has 1 aromatic carbocycles. The van der Waals surface area contributed by atoms with E-state index in [9.17, 15) is 4.79 Å². The van der Waals surface area contributed by atoms with Crippen LogP contribution in [-0.4, -0.2) is 34.8 Å². The molecule has 0 saturated carbocycles. The predicted molar refractivity (Wildman–Crippen MR) is 91.6 cm³/mol. The van der Waals surface area contributed by atoms with Crippen LogP contribution >= 0.6 is 0 Å². The average Bonchev–Trinajstić information content (AvgIpc) is 2.45. The smallest absolute Gasteiger partial charge is 0.407 e. The first-order chi connectivity index (χ1) is 10.8. The molecule has 0 spiro atoms. The third kappa shape index (κ3) is 5.39. The maximum absolute atomic E-state index is 11.5. The molecule has 23 heavy (non-hydrogen) atoms. The Morgan fingerprint density at radius 3 is 2.74 bits per heavy atom. The molecule has 2 aromatic rings. The Labute approximate surface area is 136 Å². The fraction of sp³-hybridized carbons (Fsp3) is 0.471. The van der Waals surface area contributed by atoms with E-state index >= 15 is 0 Å². The number of carbonyl (C=O) groups is 1. The lowest BCUT2D eigenvalue weighted by Crippen LogP contribution is -2.33. The largest absolute Gasteiger partial charge is 0.444 e. The van der Waals surface area contributed by atoms with Crippen molar-refractivity contribution in [1.29, 1.82) is 0 Å². The zero-order valence-electron chi connectivity index (χ0n) is 14.1. The second-order valence-electron chi connectivity index (χ2n) is 6.45. The minimum absolute atomic E-state index is 0.388. The normalized spacial score (nSPS) is 11.3. The lowest BCUT2D eigenvalue weighted by Gasteiger charge is -2.19. The molecular weight excluding hydrogens is 292 g/mol. The van der Waals surface area contributed by atoms with Crippen LogP contribution < -0.4 is 10.6 Å². The van der Waals surface area contributed by atoms with E-state index in [0.717, 1.165) is 23.1 Å². The number of alkyl carbamates (subject to hydrolysis) is 1. The summed E-state index contributed by atoms with van der Waals surface area (Å²) in [5.41, 5.74) is 1.61. The van der Waals surface area contributed by atoms with E-state index in [4.69, 9.17) is 4.74 Å². The molecule has 0 radical (unpaired) electrons. The SMILES string of the molecule is Cc1ccc2ncnc(NCCCNC(=O)OC(C)(C)C)c2c1. The van der Waals surface area contributed by atoms with Gasteiger partial charge in [-0.05, 0) is 46.2 Å². The maximum Gasteiger partial charge on any atom is 0.407 e. The van der Waals surface area contributed by atoms with Crippen molar-refractivity contribution in [2.45, 2.75) is 39.7 Å². The molecule has 0 aliphatic carbocycles. The van der Waals surface area contributed by atoms with Crippen LogP contribution in [0.1, 0.15) is 32.8 Å². The maximum atomic E-state index is 11.5. The van der Waals surface area contributed by atoms with E-state index in [1.807, 2.05) is 39.8 Å². The minimum atomic E-state index is -0.472. The average molecular weight is 316 g/mol. The molecule has 2 N–H and O–H groups in total. The van der Waals surface area contributed by atoms with Crippen LogP contribution in [0.15, 0.2) is 24.5 Å². The number of rotatable bonds is 5. The molecule has 124 valence electrons. The summed E-state index contributed by atoms with van der Waals surface area (Å²) in [6, 6.07) is 6.09. The monoisotopic (exact) mass is 316 g/mol. The van der Waals surface area contributed by atoms with Crippen molar-refractivity contribution < 1.29 is 9.53 Å². The van der Waals surface area contributed by atoms with Gasteiger partial charge < -0.3 is 15.4 Å². The molecule has 0 bridgehead atoms. The number of hydrogen-bond donors (Lipinski definition) is 2. The van der Waals surface area contributed by atoms with Gasteiger partial charge in [0, 0.05) is 18.5 Å². The molecule has 0 unspecified atom stereocenters. The number of nitrogens with zero attached hydrogens (tertiary/aromatic N) is 2. The molecule has 6 nitrogen and oxygen atoms in total. The van der Waals surface area contributed by atoms with E-state index in [0.29, 0.717) is 13.1 Å².